The van der Waals surface area contributed by atoms with Crippen LogP contribution in [0.3, 0.4) is 0 Å². The Bertz CT molecular complexity index is 773. The largest absolute Gasteiger partial charge is 0.493 e. The Balaban J connectivity index is 0.00000364. The van der Waals surface area contributed by atoms with Crippen molar-refractivity contribution in [3.05, 3.63) is 59.2 Å². The SMILES string of the molecule is CN=C(NCCc1ccc(OC)c(OC)c1)NCc1cc(F)ccc1F.I. The molecule has 0 heterocycles. The normalized spacial score (nSPS) is 10.8. The van der Waals surface area contributed by atoms with Crippen molar-refractivity contribution in [1.29, 1.82) is 0 Å². The van der Waals surface area contributed by atoms with Crippen LogP contribution in [0.5, 0.6) is 11.5 Å². The fourth-order valence-corrected chi connectivity index (χ4v) is 2.44. The van der Waals surface area contributed by atoms with Crippen molar-refractivity contribution >= 4 is 29.9 Å². The summed E-state index contributed by atoms with van der Waals surface area (Å²) in [5.74, 6) is 0.932. The highest BCUT2D eigenvalue weighted by molar-refractivity contribution is 14.0. The highest BCUT2D eigenvalue weighted by Crippen LogP contribution is 2.27. The molecule has 2 rings (SSSR count). The van der Waals surface area contributed by atoms with Crippen LogP contribution in [0.15, 0.2) is 41.4 Å². The van der Waals surface area contributed by atoms with Crippen molar-refractivity contribution in [3.8, 4) is 11.5 Å². The van der Waals surface area contributed by atoms with Gasteiger partial charge in [0.25, 0.3) is 0 Å². The van der Waals surface area contributed by atoms with Gasteiger partial charge in [0.2, 0.25) is 0 Å². The molecule has 0 radical (unpaired) electrons. The van der Waals surface area contributed by atoms with Crippen molar-refractivity contribution in [2.45, 2.75) is 13.0 Å². The third-order valence-electron chi connectivity index (χ3n) is 3.83. The summed E-state index contributed by atoms with van der Waals surface area (Å²) in [7, 11) is 4.81. The van der Waals surface area contributed by atoms with Crippen LogP contribution in [0.4, 0.5) is 8.78 Å². The van der Waals surface area contributed by atoms with Crippen LogP contribution < -0.4 is 20.1 Å². The van der Waals surface area contributed by atoms with Gasteiger partial charge in [-0.25, -0.2) is 8.78 Å². The lowest BCUT2D eigenvalue weighted by Gasteiger charge is -2.13. The smallest absolute Gasteiger partial charge is 0.191 e. The molecule has 0 saturated heterocycles. The second kappa shape index (κ2) is 11.6. The lowest BCUT2D eigenvalue weighted by Crippen LogP contribution is -2.38. The second-order valence-electron chi connectivity index (χ2n) is 5.53. The number of methoxy groups -OCH3 is 2. The van der Waals surface area contributed by atoms with E-state index in [4.69, 9.17) is 9.47 Å². The standard InChI is InChI=1S/C19H23F2N3O2.HI/c1-22-19(24-12-14-11-15(20)5-6-16(14)21)23-9-8-13-4-7-17(25-2)18(10-13)26-3;/h4-7,10-11H,8-9,12H2,1-3H3,(H2,22,23,24);1H. The van der Waals surface area contributed by atoms with Gasteiger partial charge in [0, 0.05) is 25.7 Å². The van der Waals surface area contributed by atoms with Gasteiger partial charge < -0.3 is 20.1 Å². The Kier molecular flexibility index (Phi) is 9.84. The van der Waals surface area contributed by atoms with E-state index in [-0.39, 0.29) is 36.1 Å². The minimum Gasteiger partial charge on any atom is -0.493 e. The van der Waals surface area contributed by atoms with Gasteiger partial charge in [-0.2, -0.15) is 0 Å². The van der Waals surface area contributed by atoms with Crippen LogP contribution in [0.1, 0.15) is 11.1 Å². The van der Waals surface area contributed by atoms with Gasteiger partial charge in [0.15, 0.2) is 17.5 Å². The van der Waals surface area contributed by atoms with E-state index in [0.29, 0.717) is 24.0 Å². The van der Waals surface area contributed by atoms with E-state index in [9.17, 15) is 8.78 Å². The van der Waals surface area contributed by atoms with Gasteiger partial charge in [0.1, 0.15) is 11.6 Å². The molecule has 0 aliphatic rings. The number of aliphatic imine (C=N–C) groups is 1. The molecule has 2 aromatic carbocycles. The van der Waals surface area contributed by atoms with Gasteiger partial charge in [-0.15, -0.1) is 24.0 Å². The number of guanidine groups is 1. The maximum atomic E-state index is 13.6. The molecule has 27 heavy (non-hydrogen) atoms. The topological polar surface area (TPSA) is 54.9 Å². The Morgan fingerprint density at radius 1 is 1.00 bits per heavy atom. The first-order valence-electron chi connectivity index (χ1n) is 8.16. The number of hydrogen-bond donors (Lipinski definition) is 2. The molecule has 2 N–H and O–H groups in total. The Labute approximate surface area is 175 Å². The molecule has 0 saturated carbocycles. The lowest BCUT2D eigenvalue weighted by molar-refractivity contribution is 0.354. The molecule has 0 aliphatic heterocycles. The quantitative estimate of drug-likeness (QED) is 0.354. The van der Waals surface area contributed by atoms with Crippen molar-refractivity contribution in [1.82, 2.24) is 10.6 Å². The Hall–Kier alpha value is -2.10. The van der Waals surface area contributed by atoms with Crippen LogP contribution in [-0.4, -0.2) is 33.8 Å². The zero-order chi connectivity index (χ0) is 18.9. The number of nitrogens with one attached hydrogen (secondary N) is 2. The van der Waals surface area contributed by atoms with Gasteiger partial charge >= 0.3 is 0 Å². The molecule has 0 unspecified atom stereocenters. The molecular weight excluding hydrogens is 467 g/mol. The van der Waals surface area contributed by atoms with Crippen LogP contribution >= 0.6 is 24.0 Å². The van der Waals surface area contributed by atoms with E-state index in [1.165, 1.54) is 6.07 Å². The predicted molar refractivity (Wildman–Crippen MR) is 113 cm³/mol. The van der Waals surface area contributed by atoms with Crippen LogP contribution in [0.2, 0.25) is 0 Å². The summed E-state index contributed by atoms with van der Waals surface area (Å²) in [6, 6.07) is 9.10. The molecule has 8 heteroatoms. The third-order valence-corrected chi connectivity index (χ3v) is 3.83. The first-order chi connectivity index (χ1) is 12.6. The molecule has 0 bridgehead atoms. The number of ether oxygens (including phenoxy) is 2. The molecule has 2 aromatic rings. The van der Waals surface area contributed by atoms with E-state index >= 15 is 0 Å². The van der Waals surface area contributed by atoms with Crippen molar-refractivity contribution in [2.24, 2.45) is 4.99 Å². The third kappa shape index (κ3) is 6.85. The molecule has 0 aliphatic carbocycles. The fourth-order valence-electron chi connectivity index (χ4n) is 2.44. The predicted octanol–water partition coefficient (Wildman–Crippen LogP) is 3.51. The molecular formula is C19H24F2IN3O2. The van der Waals surface area contributed by atoms with E-state index in [0.717, 1.165) is 24.1 Å². The molecule has 5 nitrogen and oxygen atoms in total. The highest BCUT2D eigenvalue weighted by atomic mass is 127. The van der Waals surface area contributed by atoms with Crippen LogP contribution in [0, 0.1) is 11.6 Å². The first kappa shape index (κ1) is 22.9. The molecule has 0 fully saturated rings. The van der Waals surface area contributed by atoms with Crippen molar-refractivity contribution in [3.63, 3.8) is 0 Å². The van der Waals surface area contributed by atoms with E-state index in [1.54, 1.807) is 21.3 Å². The zero-order valence-electron chi connectivity index (χ0n) is 15.5. The zero-order valence-corrected chi connectivity index (χ0v) is 17.8. The summed E-state index contributed by atoms with van der Waals surface area (Å²) in [6.45, 7) is 0.750. The second-order valence-corrected chi connectivity index (χ2v) is 5.53. The molecule has 148 valence electrons. The Morgan fingerprint density at radius 2 is 1.74 bits per heavy atom. The summed E-state index contributed by atoms with van der Waals surface area (Å²) in [5.41, 5.74) is 1.31. The lowest BCUT2D eigenvalue weighted by atomic mass is 10.1. The minimum absolute atomic E-state index is 0. The number of hydrogen-bond acceptors (Lipinski definition) is 3. The summed E-state index contributed by atoms with van der Waals surface area (Å²) >= 11 is 0. The monoisotopic (exact) mass is 491 g/mol. The van der Waals surface area contributed by atoms with Gasteiger partial charge in [-0.3, -0.25) is 4.99 Å². The Morgan fingerprint density at radius 3 is 2.41 bits per heavy atom. The number of halogens is 3. The van der Waals surface area contributed by atoms with Gasteiger partial charge in [-0.1, -0.05) is 6.07 Å². The molecule has 0 aromatic heterocycles. The molecule has 0 amide bonds. The summed E-state index contributed by atoms with van der Waals surface area (Å²) < 4.78 is 37.3. The van der Waals surface area contributed by atoms with Crippen molar-refractivity contribution in [2.75, 3.05) is 27.8 Å². The average molecular weight is 491 g/mol. The highest BCUT2D eigenvalue weighted by Gasteiger charge is 2.07. The molecule has 0 atom stereocenters. The fraction of sp³-hybridized carbons (Fsp3) is 0.316. The number of nitrogens with zero attached hydrogens (tertiary/aromatic N) is 1. The minimum atomic E-state index is -0.473. The first-order valence-corrected chi connectivity index (χ1v) is 8.16. The summed E-state index contributed by atoms with van der Waals surface area (Å²) in [5, 5.41) is 6.11. The number of rotatable bonds is 7. The van der Waals surface area contributed by atoms with E-state index < -0.39 is 11.6 Å². The molecule has 0 spiro atoms. The van der Waals surface area contributed by atoms with E-state index in [1.807, 2.05) is 18.2 Å². The van der Waals surface area contributed by atoms with Gasteiger partial charge in [0.05, 0.1) is 14.2 Å². The maximum absolute atomic E-state index is 13.6. The summed E-state index contributed by atoms with van der Waals surface area (Å²) in [6.07, 6.45) is 0.732. The van der Waals surface area contributed by atoms with E-state index in [2.05, 4.69) is 15.6 Å². The van der Waals surface area contributed by atoms with Crippen molar-refractivity contribution < 1.29 is 18.3 Å². The van der Waals surface area contributed by atoms with Crippen LogP contribution in [-0.2, 0) is 13.0 Å². The van der Waals surface area contributed by atoms with Crippen LogP contribution in [0.25, 0.3) is 0 Å². The average Bonchev–Trinajstić information content (AvgIpc) is 2.66. The summed E-state index contributed by atoms with van der Waals surface area (Å²) in [4.78, 5) is 4.08. The maximum Gasteiger partial charge on any atom is 0.191 e. The van der Waals surface area contributed by atoms with Gasteiger partial charge in [-0.05, 0) is 42.3 Å². The number of benzene rings is 2.